The molecule has 1 fully saturated rings. The van der Waals surface area contributed by atoms with Crippen molar-refractivity contribution in [1.29, 1.82) is 0 Å². The monoisotopic (exact) mass is 253 g/mol. The summed E-state index contributed by atoms with van der Waals surface area (Å²) in [6, 6.07) is 4.25. The Morgan fingerprint density at radius 3 is 2.89 bits per heavy atom. The summed E-state index contributed by atoms with van der Waals surface area (Å²) in [5.74, 6) is -0.448. The van der Waals surface area contributed by atoms with Gasteiger partial charge in [0.1, 0.15) is 11.6 Å². The summed E-state index contributed by atoms with van der Waals surface area (Å²) in [4.78, 5) is 0. The van der Waals surface area contributed by atoms with Crippen LogP contribution in [0.1, 0.15) is 50.5 Å². The second kappa shape index (κ2) is 6.28. The SMILES string of the molecule is CCCNC1CCCC(c2cc(F)ccc2F)C1. The molecule has 0 spiro atoms. The van der Waals surface area contributed by atoms with Crippen LogP contribution in [-0.2, 0) is 0 Å². The van der Waals surface area contributed by atoms with Crippen LogP contribution >= 0.6 is 0 Å². The zero-order valence-corrected chi connectivity index (χ0v) is 10.9. The summed E-state index contributed by atoms with van der Waals surface area (Å²) in [5, 5.41) is 3.49. The van der Waals surface area contributed by atoms with Gasteiger partial charge in [0.25, 0.3) is 0 Å². The summed E-state index contributed by atoms with van der Waals surface area (Å²) >= 11 is 0. The number of nitrogens with one attached hydrogen (secondary N) is 1. The average Bonchev–Trinajstić information content (AvgIpc) is 2.39. The van der Waals surface area contributed by atoms with E-state index in [1.165, 1.54) is 18.2 Å². The molecule has 1 aliphatic carbocycles. The van der Waals surface area contributed by atoms with Gasteiger partial charge in [0, 0.05) is 6.04 Å². The predicted octanol–water partition coefficient (Wildman–Crippen LogP) is 3.99. The molecular weight excluding hydrogens is 232 g/mol. The lowest BCUT2D eigenvalue weighted by Crippen LogP contribution is -2.34. The zero-order valence-electron chi connectivity index (χ0n) is 10.9. The fourth-order valence-corrected chi connectivity index (χ4v) is 2.83. The van der Waals surface area contributed by atoms with E-state index in [-0.39, 0.29) is 17.6 Å². The van der Waals surface area contributed by atoms with Gasteiger partial charge in [-0.1, -0.05) is 13.3 Å². The van der Waals surface area contributed by atoms with E-state index in [0.29, 0.717) is 11.6 Å². The van der Waals surface area contributed by atoms with E-state index in [9.17, 15) is 8.78 Å². The van der Waals surface area contributed by atoms with Crippen LogP contribution in [0.4, 0.5) is 8.78 Å². The predicted molar refractivity (Wildman–Crippen MR) is 69.6 cm³/mol. The normalized spacial score (nSPS) is 24.2. The molecule has 0 heterocycles. The van der Waals surface area contributed by atoms with Gasteiger partial charge in [-0.25, -0.2) is 8.78 Å². The van der Waals surface area contributed by atoms with Crippen LogP contribution in [0.5, 0.6) is 0 Å². The molecule has 0 amide bonds. The van der Waals surface area contributed by atoms with Crippen molar-refractivity contribution in [2.75, 3.05) is 6.54 Å². The first-order chi connectivity index (χ1) is 8.70. The van der Waals surface area contributed by atoms with Crippen LogP contribution in [0.15, 0.2) is 18.2 Å². The van der Waals surface area contributed by atoms with Crippen LogP contribution in [0.25, 0.3) is 0 Å². The lowest BCUT2D eigenvalue weighted by molar-refractivity contribution is 0.334. The first-order valence-electron chi connectivity index (χ1n) is 6.89. The largest absolute Gasteiger partial charge is 0.314 e. The quantitative estimate of drug-likeness (QED) is 0.855. The second-order valence-corrected chi connectivity index (χ2v) is 5.18. The van der Waals surface area contributed by atoms with Crippen molar-refractivity contribution in [3.05, 3.63) is 35.4 Å². The summed E-state index contributed by atoms with van der Waals surface area (Å²) < 4.78 is 27.0. The molecule has 2 rings (SSSR count). The fourth-order valence-electron chi connectivity index (χ4n) is 2.83. The molecule has 0 aliphatic heterocycles. The van der Waals surface area contributed by atoms with Crippen molar-refractivity contribution < 1.29 is 8.78 Å². The summed E-state index contributed by atoms with van der Waals surface area (Å²) in [6.07, 6.45) is 5.22. The molecule has 1 aromatic rings. The van der Waals surface area contributed by atoms with Crippen molar-refractivity contribution in [2.45, 2.75) is 51.0 Å². The first kappa shape index (κ1) is 13.5. The third-order valence-electron chi connectivity index (χ3n) is 3.76. The number of hydrogen-bond donors (Lipinski definition) is 1. The molecule has 0 radical (unpaired) electrons. The van der Waals surface area contributed by atoms with Crippen LogP contribution in [0.3, 0.4) is 0 Å². The molecule has 1 aromatic carbocycles. The third-order valence-corrected chi connectivity index (χ3v) is 3.76. The maximum Gasteiger partial charge on any atom is 0.126 e. The highest BCUT2D eigenvalue weighted by molar-refractivity contribution is 5.23. The molecule has 0 bridgehead atoms. The highest BCUT2D eigenvalue weighted by Crippen LogP contribution is 2.34. The second-order valence-electron chi connectivity index (χ2n) is 5.18. The lowest BCUT2D eigenvalue weighted by atomic mass is 9.81. The van der Waals surface area contributed by atoms with Gasteiger partial charge in [-0.15, -0.1) is 0 Å². The van der Waals surface area contributed by atoms with Gasteiger partial charge >= 0.3 is 0 Å². The summed E-state index contributed by atoms with van der Waals surface area (Å²) in [6.45, 7) is 3.14. The molecule has 100 valence electrons. The van der Waals surface area contributed by atoms with E-state index in [1.807, 2.05) is 0 Å². The Morgan fingerprint density at radius 2 is 2.11 bits per heavy atom. The smallest absolute Gasteiger partial charge is 0.126 e. The fraction of sp³-hybridized carbons (Fsp3) is 0.600. The molecule has 0 aromatic heterocycles. The van der Waals surface area contributed by atoms with Crippen LogP contribution in [-0.4, -0.2) is 12.6 Å². The van der Waals surface area contributed by atoms with Gasteiger partial charge in [-0.3, -0.25) is 0 Å². The Balaban J connectivity index is 2.05. The number of hydrogen-bond acceptors (Lipinski definition) is 1. The Labute approximate surface area is 108 Å². The molecule has 1 nitrogen and oxygen atoms in total. The molecular formula is C15H21F2N. The Hall–Kier alpha value is -0.960. The minimum atomic E-state index is -0.338. The van der Waals surface area contributed by atoms with Crippen LogP contribution in [0.2, 0.25) is 0 Å². The van der Waals surface area contributed by atoms with E-state index >= 15 is 0 Å². The van der Waals surface area contributed by atoms with E-state index in [1.54, 1.807) is 0 Å². The molecule has 1 N–H and O–H groups in total. The van der Waals surface area contributed by atoms with Crippen molar-refractivity contribution in [3.63, 3.8) is 0 Å². The van der Waals surface area contributed by atoms with Crippen LogP contribution < -0.4 is 5.32 Å². The standard InChI is InChI=1S/C15H21F2N/c1-2-8-18-13-5-3-4-11(9-13)14-10-12(16)6-7-15(14)17/h6-7,10-11,13,18H,2-5,8-9H2,1H3. The third kappa shape index (κ3) is 3.29. The molecule has 1 aliphatic rings. The molecule has 0 saturated heterocycles. The van der Waals surface area contributed by atoms with E-state index in [4.69, 9.17) is 0 Å². The molecule has 1 saturated carbocycles. The minimum absolute atomic E-state index is 0.156. The number of benzene rings is 1. The highest BCUT2D eigenvalue weighted by atomic mass is 19.1. The molecule has 2 unspecified atom stereocenters. The lowest BCUT2D eigenvalue weighted by Gasteiger charge is -2.30. The summed E-state index contributed by atoms with van der Waals surface area (Å²) in [5.41, 5.74) is 0.554. The van der Waals surface area contributed by atoms with Crippen molar-refractivity contribution in [2.24, 2.45) is 0 Å². The van der Waals surface area contributed by atoms with Crippen LogP contribution in [0, 0.1) is 11.6 Å². The first-order valence-corrected chi connectivity index (χ1v) is 6.89. The van der Waals surface area contributed by atoms with Gasteiger partial charge in [-0.2, -0.15) is 0 Å². The Morgan fingerprint density at radius 1 is 1.28 bits per heavy atom. The van der Waals surface area contributed by atoms with Crippen molar-refractivity contribution in [1.82, 2.24) is 5.32 Å². The summed E-state index contributed by atoms with van der Waals surface area (Å²) in [7, 11) is 0. The van der Waals surface area contributed by atoms with E-state index in [0.717, 1.165) is 38.6 Å². The number of rotatable bonds is 4. The highest BCUT2D eigenvalue weighted by Gasteiger charge is 2.25. The molecule has 2 atom stereocenters. The molecule has 3 heteroatoms. The van der Waals surface area contributed by atoms with Gasteiger partial charge in [0.05, 0.1) is 0 Å². The maximum atomic E-state index is 13.7. The van der Waals surface area contributed by atoms with Gasteiger partial charge in [0.15, 0.2) is 0 Å². The molecule has 18 heavy (non-hydrogen) atoms. The van der Waals surface area contributed by atoms with Gasteiger partial charge < -0.3 is 5.32 Å². The minimum Gasteiger partial charge on any atom is -0.314 e. The van der Waals surface area contributed by atoms with E-state index < -0.39 is 0 Å². The number of halogens is 2. The van der Waals surface area contributed by atoms with E-state index in [2.05, 4.69) is 12.2 Å². The zero-order chi connectivity index (χ0) is 13.0. The average molecular weight is 253 g/mol. The van der Waals surface area contributed by atoms with Gasteiger partial charge in [0.2, 0.25) is 0 Å². The Kier molecular flexibility index (Phi) is 4.70. The Bertz CT molecular complexity index is 392. The maximum absolute atomic E-state index is 13.7. The van der Waals surface area contributed by atoms with Crippen molar-refractivity contribution in [3.8, 4) is 0 Å². The van der Waals surface area contributed by atoms with Crippen molar-refractivity contribution >= 4 is 0 Å². The topological polar surface area (TPSA) is 12.0 Å². The van der Waals surface area contributed by atoms with Gasteiger partial charge in [-0.05, 0) is 61.9 Å².